The Morgan fingerprint density at radius 1 is 1.32 bits per heavy atom. The number of aryl methyl sites for hydroxylation is 1. The van der Waals surface area contributed by atoms with E-state index in [1.165, 1.54) is 0 Å². The van der Waals surface area contributed by atoms with Gasteiger partial charge in [0.15, 0.2) is 11.6 Å². The van der Waals surface area contributed by atoms with Crippen LogP contribution in [-0.4, -0.2) is 37.7 Å². The van der Waals surface area contributed by atoms with Crippen molar-refractivity contribution in [2.75, 3.05) is 6.61 Å². The number of aromatic amines is 2. The molecule has 0 saturated heterocycles. The zero-order valence-electron chi connectivity index (χ0n) is 15.7. The molecule has 0 aliphatic heterocycles. The van der Waals surface area contributed by atoms with E-state index in [0.717, 1.165) is 5.52 Å². The van der Waals surface area contributed by atoms with Crippen molar-refractivity contribution in [3.63, 3.8) is 0 Å². The molecule has 0 radical (unpaired) electrons. The number of aliphatic hydroxyl groups excluding tert-OH is 2. The van der Waals surface area contributed by atoms with Crippen LogP contribution >= 0.6 is 0 Å². The Balaban J connectivity index is 1.81. The lowest BCUT2D eigenvalue weighted by Gasteiger charge is -2.07. The van der Waals surface area contributed by atoms with Crippen LogP contribution in [0.25, 0.3) is 16.6 Å². The molecule has 0 aliphatic rings. The van der Waals surface area contributed by atoms with Gasteiger partial charge in [0.2, 0.25) is 0 Å². The van der Waals surface area contributed by atoms with Gasteiger partial charge in [0.1, 0.15) is 23.9 Å². The first-order valence-corrected chi connectivity index (χ1v) is 8.65. The van der Waals surface area contributed by atoms with Crippen molar-refractivity contribution in [1.82, 2.24) is 15.0 Å². The summed E-state index contributed by atoms with van der Waals surface area (Å²) < 4.78 is 5.14. The lowest BCUT2D eigenvalue weighted by atomic mass is 10.1. The number of nitrogens with zero attached hydrogens (tertiary/aromatic N) is 2. The summed E-state index contributed by atoms with van der Waals surface area (Å²) in [7, 11) is 0. The van der Waals surface area contributed by atoms with Gasteiger partial charge in [0.05, 0.1) is 17.1 Å². The molecule has 0 unspecified atom stereocenters. The number of hydrogen-bond donors (Lipinski definition) is 4. The third-order valence-electron chi connectivity index (χ3n) is 4.48. The Hall–Kier alpha value is -3.57. The van der Waals surface area contributed by atoms with Crippen LogP contribution in [0.1, 0.15) is 46.2 Å². The summed E-state index contributed by atoms with van der Waals surface area (Å²) in [5, 5.41) is 29.5. The average Bonchev–Trinajstić information content (AvgIpc) is 3.20. The zero-order chi connectivity index (χ0) is 20.4. The Kier molecular flexibility index (Phi) is 5.20. The minimum atomic E-state index is -0.732. The third-order valence-corrected chi connectivity index (χ3v) is 4.48. The molecule has 1 atom stereocenters. The fourth-order valence-electron chi connectivity index (χ4n) is 3.20. The summed E-state index contributed by atoms with van der Waals surface area (Å²) in [5.74, 6) is -0.909. The standard InChI is InChI=1S/C20H20N4O4/c1-10-17(12(3)25)11(2)22-18(10)20(27)28-9-16(26)13(8-21)19-23-14-6-4-5-7-15(14)24-19/h4-7,12,22,25-26H,9H2,1-3H3,(H,23,24)/b16-13-/t12-/m1/s1. The summed E-state index contributed by atoms with van der Waals surface area (Å²) in [6.45, 7) is 4.57. The predicted octanol–water partition coefficient (Wildman–Crippen LogP) is 3.21. The molecule has 1 aromatic carbocycles. The number of nitrogens with one attached hydrogen (secondary N) is 2. The summed E-state index contributed by atoms with van der Waals surface area (Å²) >= 11 is 0. The molecule has 4 N–H and O–H groups in total. The van der Waals surface area contributed by atoms with Crippen molar-refractivity contribution in [3.05, 3.63) is 58.4 Å². The number of para-hydroxylation sites is 2. The van der Waals surface area contributed by atoms with Gasteiger partial charge >= 0.3 is 5.97 Å². The fourth-order valence-corrected chi connectivity index (χ4v) is 3.20. The van der Waals surface area contributed by atoms with E-state index in [9.17, 15) is 20.3 Å². The molecular formula is C20H20N4O4. The van der Waals surface area contributed by atoms with Crippen LogP contribution < -0.4 is 0 Å². The van der Waals surface area contributed by atoms with Crippen LogP contribution in [0.15, 0.2) is 30.0 Å². The molecule has 0 fully saturated rings. The highest BCUT2D eigenvalue weighted by Gasteiger charge is 2.22. The number of hydrogen-bond acceptors (Lipinski definition) is 6. The number of aromatic nitrogens is 3. The first-order chi connectivity index (χ1) is 13.3. The number of benzene rings is 1. The molecule has 3 aromatic rings. The number of H-pyrrole nitrogens is 2. The first kappa shape index (κ1) is 19.2. The predicted molar refractivity (Wildman–Crippen MR) is 102 cm³/mol. The number of carbonyl (C=O) groups is 1. The van der Waals surface area contributed by atoms with Gasteiger partial charge in [0, 0.05) is 11.3 Å². The molecule has 0 spiro atoms. The maximum Gasteiger partial charge on any atom is 0.355 e. The first-order valence-electron chi connectivity index (χ1n) is 8.65. The van der Waals surface area contributed by atoms with Crippen molar-refractivity contribution in [1.29, 1.82) is 5.26 Å². The molecule has 144 valence electrons. The second kappa shape index (κ2) is 7.58. The van der Waals surface area contributed by atoms with E-state index in [-0.39, 0.29) is 17.1 Å². The lowest BCUT2D eigenvalue weighted by Crippen LogP contribution is -2.11. The third kappa shape index (κ3) is 3.48. The van der Waals surface area contributed by atoms with Gasteiger partial charge in [-0.1, -0.05) is 12.1 Å². The number of aliphatic hydroxyl groups is 2. The smallest absolute Gasteiger partial charge is 0.355 e. The van der Waals surface area contributed by atoms with Gasteiger partial charge in [0.25, 0.3) is 0 Å². The van der Waals surface area contributed by atoms with Crippen LogP contribution in [0.2, 0.25) is 0 Å². The monoisotopic (exact) mass is 380 g/mol. The maximum atomic E-state index is 12.4. The van der Waals surface area contributed by atoms with Crippen molar-refractivity contribution in [2.24, 2.45) is 0 Å². The Morgan fingerprint density at radius 3 is 2.64 bits per heavy atom. The molecule has 8 heteroatoms. The molecule has 0 bridgehead atoms. The Bertz CT molecular complexity index is 1080. The molecule has 2 heterocycles. The van der Waals surface area contributed by atoms with E-state index in [4.69, 9.17) is 4.74 Å². The minimum Gasteiger partial charge on any atom is -0.507 e. The maximum absolute atomic E-state index is 12.4. The van der Waals surface area contributed by atoms with Crippen molar-refractivity contribution >= 4 is 22.6 Å². The van der Waals surface area contributed by atoms with Gasteiger partial charge in [-0.2, -0.15) is 5.26 Å². The Labute approximate surface area is 161 Å². The van der Waals surface area contributed by atoms with Gasteiger partial charge in [-0.15, -0.1) is 0 Å². The molecule has 2 aromatic heterocycles. The van der Waals surface area contributed by atoms with Gasteiger partial charge in [-0.05, 0) is 38.5 Å². The van der Waals surface area contributed by atoms with Crippen LogP contribution in [0, 0.1) is 25.2 Å². The van der Waals surface area contributed by atoms with Crippen molar-refractivity contribution < 1.29 is 19.7 Å². The van der Waals surface area contributed by atoms with Gasteiger partial charge in [-0.3, -0.25) is 0 Å². The second-order valence-electron chi connectivity index (χ2n) is 6.45. The normalized spacial score (nSPS) is 13.1. The minimum absolute atomic E-state index is 0.104. The molecule has 28 heavy (non-hydrogen) atoms. The number of esters is 1. The number of fused-ring (bicyclic) bond motifs is 1. The quantitative estimate of drug-likeness (QED) is 0.305. The number of rotatable bonds is 5. The number of carbonyl (C=O) groups excluding carboxylic acids is 1. The fraction of sp³-hybridized carbons (Fsp3) is 0.250. The van der Waals surface area contributed by atoms with E-state index >= 15 is 0 Å². The molecule has 8 nitrogen and oxygen atoms in total. The van der Waals surface area contributed by atoms with E-state index in [1.54, 1.807) is 32.9 Å². The summed E-state index contributed by atoms with van der Waals surface area (Å²) in [4.78, 5) is 22.5. The number of ether oxygens (including phenoxy) is 1. The Morgan fingerprint density at radius 2 is 2.04 bits per heavy atom. The molecule has 3 rings (SSSR count). The van der Waals surface area contributed by atoms with E-state index in [2.05, 4.69) is 15.0 Å². The van der Waals surface area contributed by atoms with Crippen LogP contribution in [0.3, 0.4) is 0 Å². The number of imidazole rings is 1. The van der Waals surface area contributed by atoms with Crippen LogP contribution in [0.5, 0.6) is 0 Å². The van der Waals surface area contributed by atoms with Crippen LogP contribution in [-0.2, 0) is 4.74 Å². The highest BCUT2D eigenvalue weighted by molar-refractivity contribution is 5.90. The highest BCUT2D eigenvalue weighted by Crippen LogP contribution is 2.25. The van der Waals surface area contributed by atoms with Crippen LogP contribution in [0.4, 0.5) is 0 Å². The zero-order valence-corrected chi connectivity index (χ0v) is 15.7. The molecular weight excluding hydrogens is 360 g/mol. The number of nitriles is 1. The van der Waals surface area contributed by atoms with Crippen molar-refractivity contribution in [3.8, 4) is 6.07 Å². The van der Waals surface area contributed by atoms with Gasteiger partial charge in [-0.25, -0.2) is 9.78 Å². The summed E-state index contributed by atoms with van der Waals surface area (Å²) in [5.41, 5.74) is 3.34. The highest BCUT2D eigenvalue weighted by atomic mass is 16.5. The lowest BCUT2D eigenvalue weighted by molar-refractivity contribution is 0.0495. The summed E-state index contributed by atoms with van der Waals surface area (Å²) in [6.07, 6.45) is -0.732. The van der Waals surface area contributed by atoms with E-state index in [1.807, 2.05) is 18.2 Å². The van der Waals surface area contributed by atoms with E-state index < -0.39 is 24.4 Å². The average molecular weight is 380 g/mol. The molecule has 0 saturated carbocycles. The molecule has 0 amide bonds. The SMILES string of the molecule is Cc1[nH]c(C(=O)OC/C(O)=C(\C#N)c2nc3ccccc3[nH]2)c(C)c1[C@@H](C)O. The van der Waals surface area contributed by atoms with Gasteiger partial charge < -0.3 is 24.9 Å². The topological polar surface area (TPSA) is 135 Å². The van der Waals surface area contributed by atoms with E-state index in [0.29, 0.717) is 22.3 Å². The summed E-state index contributed by atoms with van der Waals surface area (Å²) in [6, 6.07) is 9.10. The molecule has 0 aliphatic carbocycles. The largest absolute Gasteiger partial charge is 0.507 e. The van der Waals surface area contributed by atoms with Crippen molar-refractivity contribution in [2.45, 2.75) is 26.9 Å². The number of allylic oxidation sites excluding steroid dienone is 1. The second-order valence-corrected chi connectivity index (χ2v) is 6.45.